The Morgan fingerprint density at radius 2 is 1.66 bits per heavy atom. The summed E-state index contributed by atoms with van der Waals surface area (Å²) < 4.78 is 41.5. The number of phenols is 2. The molecule has 0 spiro atoms. The zero-order valence-corrected chi connectivity index (χ0v) is 18.1. The van der Waals surface area contributed by atoms with Crippen molar-refractivity contribution in [1.82, 2.24) is 0 Å². The van der Waals surface area contributed by atoms with Crippen LogP contribution in [0.2, 0.25) is 0 Å². The van der Waals surface area contributed by atoms with Crippen molar-refractivity contribution < 1.29 is 28.2 Å². The average Bonchev–Trinajstić information content (AvgIpc) is 3.57. The van der Waals surface area contributed by atoms with E-state index in [0.717, 1.165) is 11.6 Å². The van der Waals surface area contributed by atoms with Gasteiger partial charge in [0.15, 0.2) is 11.5 Å². The summed E-state index contributed by atoms with van der Waals surface area (Å²) in [5.74, 6) is -1.10. The number of benzene rings is 3. The Hall–Kier alpha value is -3.05. The Labute approximate surface area is 185 Å². The molecule has 3 aromatic rings. The molecule has 166 valence electrons. The molecule has 0 saturated heterocycles. The predicted octanol–water partition coefficient (Wildman–Crippen LogP) is 5.83. The SMILES string of the molecule is O=C(Nc1ccc(-c2ccc(CP)cc2)c(C(F)(F)F)c1)C1(c2ccc(O)c(O)c2)CC1. The number of hydrogen-bond donors (Lipinski definition) is 3. The largest absolute Gasteiger partial charge is 0.504 e. The summed E-state index contributed by atoms with van der Waals surface area (Å²) in [4.78, 5) is 12.9. The van der Waals surface area contributed by atoms with E-state index in [2.05, 4.69) is 14.6 Å². The topological polar surface area (TPSA) is 69.6 Å². The van der Waals surface area contributed by atoms with Crippen LogP contribution in [0.3, 0.4) is 0 Å². The summed E-state index contributed by atoms with van der Waals surface area (Å²) in [5.41, 5.74) is 0.253. The Kier molecular flexibility index (Phi) is 5.63. The molecule has 0 radical (unpaired) electrons. The predicted molar refractivity (Wildman–Crippen MR) is 120 cm³/mol. The second-order valence-electron chi connectivity index (χ2n) is 7.90. The highest BCUT2D eigenvalue weighted by Gasteiger charge is 2.51. The number of carbonyl (C=O) groups is 1. The number of phenolic OH excluding ortho intramolecular Hbond substituents is 2. The van der Waals surface area contributed by atoms with E-state index in [1.54, 1.807) is 24.3 Å². The third-order valence-electron chi connectivity index (χ3n) is 5.80. The fourth-order valence-electron chi connectivity index (χ4n) is 3.77. The van der Waals surface area contributed by atoms with Gasteiger partial charge in [-0.1, -0.05) is 36.4 Å². The first kappa shape index (κ1) is 22.2. The van der Waals surface area contributed by atoms with E-state index in [1.807, 2.05) is 0 Å². The lowest BCUT2D eigenvalue weighted by atomic mass is 9.94. The number of nitrogens with one attached hydrogen (secondary N) is 1. The van der Waals surface area contributed by atoms with Gasteiger partial charge in [0.05, 0.1) is 11.0 Å². The van der Waals surface area contributed by atoms with Crippen LogP contribution in [0.4, 0.5) is 18.9 Å². The van der Waals surface area contributed by atoms with Crippen molar-refractivity contribution in [3.8, 4) is 22.6 Å². The molecule has 1 unspecified atom stereocenters. The highest BCUT2D eigenvalue weighted by Crippen LogP contribution is 2.50. The van der Waals surface area contributed by atoms with Gasteiger partial charge in [-0.25, -0.2) is 0 Å². The Bertz CT molecular complexity index is 1170. The maximum Gasteiger partial charge on any atom is 0.417 e. The van der Waals surface area contributed by atoms with Crippen LogP contribution < -0.4 is 5.32 Å². The van der Waals surface area contributed by atoms with Crippen molar-refractivity contribution in [2.45, 2.75) is 30.6 Å². The first-order chi connectivity index (χ1) is 15.1. The van der Waals surface area contributed by atoms with E-state index in [-0.39, 0.29) is 22.7 Å². The van der Waals surface area contributed by atoms with Gasteiger partial charge in [0.2, 0.25) is 5.91 Å². The quantitative estimate of drug-likeness (QED) is 0.332. The van der Waals surface area contributed by atoms with Crippen LogP contribution in [0.25, 0.3) is 11.1 Å². The average molecular weight is 459 g/mol. The summed E-state index contributed by atoms with van der Waals surface area (Å²) in [6.45, 7) is 0. The molecule has 3 N–H and O–H groups in total. The number of amides is 1. The van der Waals surface area contributed by atoms with Crippen LogP contribution in [0.15, 0.2) is 60.7 Å². The Morgan fingerprint density at radius 1 is 0.969 bits per heavy atom. The molecule has 1 atom stereocenters. The molecule has 0 bridgehead atoms. The molecule has 0 heterocycles. The number of anilines is 1. The summed E-state index contributed by atoms with van der Waals surface area (Å²) >= 11 is 0. The molecule has 1 amide bonds. The van der Waals surface area contributed by atoms with Crippen molar-refractivity contribution in [3.63, 3.8) is 0 Å². The standard InChI is InChI=1S/C24H21F3NO3P/c25-24(26,27)19-12-17(6-7-18(19)15-3-1-14(13-32)2-4-15)28-22(31)23(9-10-23)16-5-8-20(29)21(30)11-16/h1-8,11-12,29-30H,9-10,13,32H2,(H,28,31). The minimum absolute atomic E-state index is 0.0374. The molecule has 4 rings (SSSR count). The van der Waals surface area contributed by atoms with E-state index >= 15 is 0 Å². The lowest BCUT2D eigenvalue weighted by molar-refractivity contribution is -0.137. The minimum Gasteiger partial charge on any atom is -0.504 e. The number of rotatable bonds is 5. The van der Waals surface area contributed by atoms with Crippen molar-refractivity contribution in [3.05, 3.63) is 77.4 Å². The third-order valence-corrected chi connectivity index (χ3v) is 6.27. The maximum absolute atomic E-state index is 13.8. The van der Waals surface area contributed by atoms with Crippen molar-refractivity contribution in [2.24, 2.45) is 0 Å². The number of hydrogen-bond acceptors (Lipinski definition) is 3. The van der Waals surface area contributed by atoms with E-state index < -0.39 is 23.1 Å². The van der Waals surface area contributed by atoms with E-state index in [9.17, 15) is 28.2 Å². The summed E-state index contributed by atoms with van der Waals surface area (Å²) in [6.07, 6.45) is -2.90. The minimum atomic E-state index is -4.60. The molecule has 4 nitrogen and oxygen atoms in total. The lowest BCUT2D eigenvalue weighted by Crippen LogP contribution is -2.28. The van der Waals surface area contributed by atoms with Gasteiger partial charge >= 0.3 is 6.18 Å². The van der Waals surface area contributed by atoms with Crippen LogP contribution >= 0.6 is 9.24 Å². The second kappa shape index (κ2) is 8.14. The molecule has 32 heavy (non-hydrogen) atoms. The Morgan fingerprint density at radius 3 is 2.22 bits per heavy atom. The van der Waals surface area contributed by atoms with Gasteiger partial charge in [0.25, 0.3) is 0 Å². The number of halogens is 3. The van der Waals surface area contributed by atoms with E-state index in [4.69, 9.17) is 0 Å². The van der Waals surface area contributed by atoms with Crippen LogP contribution in [0.1, 0.15) is 29.5 Å². The maximum atomic E-state index is 13.8. The van der Waals surface area contributed by atoms with Crippen LogP contribution in [0, 0.1) is 0 Å². The van der Waals surface area contributed by atoms with Crippen molar-refractivity contribution in [2.75, 3.05) is 5.32 Å². The number of carbonyl (C=O) groups excluding carboxylic acids is 1. The molecule has 8 heteroatoms. The van der Waals surface area contributed by atoms with Crippen molar-refractivity contribution >= 4 is 20.8 Å². The highest BCUT2D eigenvalue weighted by molar-refractivity contribution is 7.15. The molecule has 1 aliphatic carbocycles. The Balaban J connectivity index is 1.64. The van der Waals surface area contributed by atoms with Gasteiger partial charge < -0.3 is 15.5 Å². The van der Waals surface area contributed by atoms with Crippen LogP contribution in [0.5, 0.6) is 11.5 Å². The second-order valence-corrected chi connectivity index (χ2v) is 8.31. The molecule has 1 saturated carbocycles. The van der Waals surface area contributed by atoms with Gasteiger partial charge in [-0.2, -0.15) is 13.2 Å². The normalized spacial score (nSPS) is 14.8. The number of alkyl halides is 3. The van der Waals surface area contributed by atoms with Crippen LogP contribution in [-0.4, -0.2) is 16.1 Å². The summed E-state index contributed by atoms with van der Waals surface area (Å²) in [5, 5.41) is 21.9. The van der Waals surface area contributed by atoms with Crippen molar-refractivity contribution in [1.29, 1.82) is 0 Å². The van der Waals surface area contributed by atoms with Crippen LogP contribution in [-0.2, 0) is 22.5 Å². The monoisotopic (exact) mass is 459 g/mol. The van der Waals surface area contributed by atoms with Gasteiger partial charge in [-0.3, -0.25) is 4.79 Å². The highest BCUT2D eigenvalue weighted by atomic mass is 31.0. The molecule has 0 aliphatic heterocycles. The fourth-order valence-corrected chi connectivity index (χ4v) is 4.04. The van der Waals surface area contributed by atoms with Gasteiger partial charge in [0, 0.05) is 5.69 Å². The lowest BCUT2D eigenvalue weighted by Gasteiger charge is -2.19. The van der Waals surface area contributed by atoms with E-state index in [1.165, 1.54) is 30.3 Å². The smallest absolute Gasteiger partial charge is 0.417 e. The molecule has 1 fully saturated rings. The van der Waals surface area contributed by atoms with E-state index in [0.29, 0.717) is 30.1 Å². The molecule has 1 aliphatic rings. The summed E-state index contributed by atoms with van der Waals surface area (Å²) in [6, 6.07) is 14.8. The summed E-state index contributed by atoms with van der Waals surface area (Å²) in [7, 11) is 2.57. The first-order valence-electron chi connectivity index (χ1n) is 9.98. The molecule has 3 aromatic carbocycles. The van der Waals surface area contributed by atoms with Gasteiger partial charge in [-0.15, -0.1) is 9.24 Å². The zero-order valence-electron chi connectivity index (χ0n) is 16.9. The number of aromatic hydroxyl groups is 2. The third kappa shape index (κ3) is 4.17. The fraction of sp³-hybridized carbons (Fsp3) is 0.208. The zero-order chi connectivity index (χ0) is 23.1. The van der Waals surface area contributed by atoms with Gasteiger partial charge in [-0.05, 0) is 65.5 Å². The van der Waals surface area contributed by atoms with Gasteiger partial charge in [0.1, 0.15) is 0 Å². The molecular formula is C24H21F3NO3P. The molecular weight excluding hydrogens is 438 g/mol. The first-order valence-corrected chi connectivity index (χ1v) is 10.8. The molecule has 0 aromatic heterocycles.